The van der Waals surface area contributed by atoms with E-state index in [1.807, 2.05) is 0 Å². The van der Waals surface area contributed by atoms with Crippen molar-refractivity contribution in [1.29, 1.82) is 0 Å². The number of sulfonamides is 1. The maximum absolute atomic E-state index is 11.8. The Kier molecular flexibility index (Phi) is 3.27. The maximum atomic E-state index is 11.8. The molecule has 98 valence electrons. The molecule has 1 heterocycles. The van der Waals surface area contributed by atoms with Gasteiger partial charge in [-0.1, -0.05) is 0 Å². The lowest BCUT2D eigenvalue weighted by Gasteiger charge is -2.16. The number of nitrogens with two attached hydrogens (primary N) is 1. The van der Waals surface area contributed by atoms with Crippen molar-refractivity contribution in [2.75, 3.05) is 17.2 Å². The average Bonchev–Trinajstić information content (AvgIpc) is 2.58. The molecule has 6 nitrogen and oxygen atoms in total. The minimum atomic E-state index is -3.56. The largest absolute Gasteiger partial charge is 0.508 e. The van der Waals surface area contributed by atoms with Crippen LogP contribution in [-0.4, -0.2) is 31.7 Å². The molecule has 0 aliphatic carbocycles. The van der Waals surface area contributed by atoms with Gasteiger partial charge in [0.25, 0.3) is 0 Å². The van der Waals surface area contributed by atoms with Gasteiger partial charge in [0.2, 0.25) is 15.9 Å². The summed E-state index contributed by atoms with van der Waals surface area (Å²) >= 11 is 0. The van der Waals surface area contributed by atoms with Gasteiger partial charge in [0.15, 0.2) is 0 Å². The van der Waals surface area contributed by atoms with E-state index in [4.69, 9.17) is 5.14 Å². The molecule has 0 aromatic heterocycles. The molecule has 1 unspecified atom stereocenters. The Bertz CT molecular complexity index is 553. The number of carbonyl (C=O) groups excluding carboxylic acids is 1. The number of nitrogens with zero attached hydrogens (tertiary/aromatic N) is 1. The van der Waals surface area contributed by atoms with Crippen LogP contribution < -0.4 is 10.0 Å². The van der Waals surface area contributed by atoms with Gasteiger partial charge in [-0.25, -0.2) is 13.6 Å². The fraction of sp³-hybridized carbons (Fsp3) is 0.364. The van der Waals surface area contributed by atoms with E-state index in [1.54, 1.807) is 12.1 Å². The predicted molar refractivity (Wildman–Crippen MR) is 66.5 cm³/mol. The standard InChI is InChI=1S/C11H14N2O4S/c12-18(16,17)7-8-5-11(15)13(6-8)9-1-3-10(14)4-2-9/h1-4,8,14H,5-7H2,(H2,12,16,17). The van der Waals surface area contributed by atoms with E-state index in [0.29, 0.717) is 12.2 Å². The number of hydrogen-bond donors (Lipinski definition) is 2. The number of rotatable bonds is 3. The molecule has 18 heavy (non-hydrogen) atoms. The van der Waals surface area contributed by atoms with Crippen LogP contribution in [0.3, 0.4) is 0 Å². The highest BCUT2D eigenvalue weighted by Gasteiger charge is 2.32. The highest BCUT2D eigenvalue weighted by Crippen LogP contribution is 2.26. The summed E-state index contributed by atoms with van der Waals surface area (Å²) in [6.45, 7) is 0.333. The van der Waals surface area contributed by atoms with Crippen molar-refractivity contribution in [2.24, 2.45) is 11.1 Å². The van der Waals surface area contributed by atoms with Gasteiger partial charge in [-0.3, -0.25) is 4.79 Å². The number of phenols is 1. The fourth-order valence-corrected chi connectivity index (χ4v) is 2.98. The van der Waals surface area contributed by atoms with Crippen molar-refractivity contribution in [3.05, 3.63) is 24.3 Å². The smallest absolute Gasteiger partial charge is 0.227 e. The third kappa shape index (κ3) is 2.99. The number of benzene rings is 1. The lowest BCUT2D eigenvalue weighted by atomic mass is 10.1. The molecule has 1 aliphatic heterocycles. The van der Waals surface area contributed by atoms with Gasteiger partial charge in [0.05, 0.1) is 5.75 Å². The number of carbonyl (C=O) groups is 1. The number of hydrogen-bond acceptors (Lipinski definition) is 4. The number of aromatic hydroxyl groups is 1. The Morgan fingerprint density at radius 2 is 1.94 bits per heavy atom. The second kappa shape index (κ2) is 4.58. The van der Waals surface area contributed by atoms with Crippen LogP contribution in [0.15, 0.2) is 24.3 Å². The van der Waals surface area contributed by atoms with Crippen LogP contribution in [0, 0.1) is 5.92 Å². The van der Waals surface area contributed by atoms with Crippen LogP contribution in [0.5, 0.6) is 5.75 Å². The first-order valence-corrected chi connectivity index (χ1v) is 7.16. The molecule has 1 amide bonds. The Hall–Kier alpha value is -1.60. The molecule has 3 N–H and O–H groups in total. The second-order valence-corrected chi connectivity index (χ2v) is 6.08. The molecular formula is C11H14N2O4S. The zero-order valence-electron chi connectivity index (χ0n) is 9.61. The van der Waals surface area contributed by atoms with Gasteiger partial charge < -0.3 is 10.0 Å². The van der Waals surface area contributed by atoms with Gasteiger partial charge in [-0.05, 0) is 24.3 Å². The Morgan fingerprint density at radius 3 is 2.50 bits per heavy atom. The predicted octanol–water partition coefficient (Wildman–Crippen LogP) is 0.0336. The summed E-state index contributed by atoms with van der Waals surface area (Å²) in [5, 5.41) is 14.1. The third-order valence-corrected chi connectivity index (χ3v) is 3.77. The van der Waals surface area contributed by atoms with E-state index in [0.717, 1.165) is 0 Å². The quantitative estimate of drug-likeness (QED) is 0.809. The zero-order chi connectivity index (χ0) is 13.3. The normalized spacial score (nSPS) is 20.4. The van der Waals surface area contributed by atoms with Crippen LogP contribution in [-0.2, 0) is 14.8 Å². The maximum Gasteiger partial charge on any atom is 0.227 e. The minimum Gasteiger partial charge on any atom is -0.508 e. The van der Waals surface area contributed by atoms with E-state index in [1.165, 1.54) is 17.0 Å². The van der Waals surface area contributed by atoms with Crippen molar-refractivity contribution in [2.45, 2.75) is 6.42 Å². The highest BCUT2D eigenvalue weighted by molar-refractivity contribution is 7.89. The van der Waals surface area contributed by atoms with Crippen LogP contribution >= 0.6 is 0 Å². The summed E-state index contributed by atoms with van der Waals surface area (Å²) in [6.07, 6.45) is 0.178. The Morgan fingerprint density at radius 1 is 1.33 bits per heavy atom. The molecule has 0 saturated carbocycles. The number of anilines is 1. The first-order valence-electron chi connectivity index (χ1n) is 5.45. The molecule has 0 spiro atoms. The van der Waals surface area contributed by atoms with Crippen LogP contribution in [0.25, 0.3) is 0 Å². The van der Waals surface area contributed by atoms with Crippen molar-refractivity contribution < 1.29 is 18.3 Å². The molecule has 7 heteroatoms. The number of primary sulfonamides is 1. The van der Waals surface area contributed by atoms with Crippen molar-refractivity contribution in [3.63, 3.8) is 0 Å². The van der Waals surface area contributed by atoms with E-state index in [9.17, 15) is 18.3 Å². The Balaban J connectivity index is 2.12. The van der Waals surface area contributed by atoms with E-state index in [-0.39, 0.29) is 29.7 Å². The van der Waals surface area contributed by atoms with Gasteiger partial charge in [-0.15, -0.1) is 0 Å². The van der Waals surface area contributed by atoms with Crippen LogP contribution in [0.1, 0.15) is 6.42 Å². The molecule has 1 atom stereocenters. The second-order valence-electron chi connectivity index (χ2n) is 4.42. The molecule has 0 radical (unpaired) electrons. The molecule has 1 saturated heterocycles. The van der Waals surface area contributed by atoms with Crippen molar-refractivity contribution in [3.8, 4) is 5.75 Å². The monoisotopic (exact) mass is 270 g/mol. The topological polar surface area (TPSA) is 101 Å². The summed E-state index contributed by atoms with van der Waals surface area (Å²) in [7, 11) is -3.56. The first kappa shape index (κ1) is 12.8. The highest BCUT2D eigenvalue weighted by atomic mass is 32.2. The van der Waals surface area contributed by atoms with Gasteiger partial charge >= 0.3 is 0 Å². The molecule has 1 aliphatic rings. The third-order valence-electron chi connectivity index (χ3n) is 2.83. The lowest BCUT2D eigenvalue weighted by Crippen LogP contribution is -2.27. The van der Waals surface area contributed by atoms with Crippen LogP contribution in [0.4, 0.5) is 5.69 Å². The minimum absolute atomic E-state index is 0.117. The van der Waals surface area contributed by atoms with Crippen molar-refractivity contribution >= 4 is 21.6 Å². The zero-order valence-corrected chi connectivity index (χ0v) is 10.4. The summed E-state index contributed by atoms with van der Waals surface area (Å²) < 4.78 is 22.0. The molecule has 1 fully saturated rings. The number of amides is 1. The van der Waals surface area contributed by atoms with E-state index in [2.05, 4.69) is 0 Å². The fourth-order valence-electron chi connectivity index (χ4n) is 2.10. The molecule has 2 rings (SSSR count). The molecule has 0 bridgehead atoms. The molecule has 1 aromatic rings. The van der Waals surface area contributed by atoms with E-state index < -0.39 is 10.0 Å². The average molecular weight is 270 g/mol. The van der Waals surface area contributed by atoms with Gasteiger partial charge in [-0.2, -0.15) is 0 Å². The first-order chi connectivity index (χ1) is 8.35. The molecular weight excluding hydrogens is 256 g/mol. The summed E-state index contributed by atoms with van der Waals surface area (Å²) in [4.78, 5) is 13.3. The van der Waals surface area contributed by atoms with Crippen LogP contribution in [0.2, 0.25) is 0 Å². The summed E-state index contributed by atoms with van der Waals surface area (Å²) in [5.74, 6) is -0.477. The molecule has 1 aromatic carbocycles. The lowest BCUT2D eigenvalue weighted by molar-refractivity contribution is -0.117. The summed E-state index contributed by atoms with van der Waals surface area (Å²) in [6, 6.07) is 6.20. The van der Waals surface area contributed by atoms with Crippen molar-refractivity contribution in [1.82, 2.24) is 0 Å². The van der Waals surface area contributed by atoms with Gasteiger partial charge in [0, 0.05) is 24.6 Å². The number of phenolic OH excluding ortho intramolecular Hbond substituents is 1. The van der Waals surface area contributed by atoms with E-state index >= 15 is 0 Å². The SMILES string of the molecule is NS(=O)(=O)CC1CC(=O)N(c2ccc(O)cc2)C1. The summed E-state index contributed by atoms with van der Waals surface area (Å²) in [5.41, 5.74) is 0.648. The van der Waals surface area contributed by atoms with Gasteiger partial charge in [0.1, 0.15) is 5.75 Å². The Labute approximate surface area is 105 Å².